The van der Waals surface area contributed by atoms with Gasteiger partial charge in [-0.1, -0.05) is 24.3 Å². The van der Waals surface area contributed by atoms with Gasteiger partial charge in [0.2, 0.25) is 10.0 Å². The highest BCUT2D eigenvalue weighted by molar-refractivity contribution is 7.89. The van der Waals surface area contributed by atoms with E-state index in [1.54, 1.807) is 19.1 Å². The standard InChI is InChI=1S/C19H21N3O4S.ClH/c1-13(12-18(23)24)15-4-2-14(3-5-15)10-11-22-27(25,26)17-8-6-16(7-9-17)19(20)21;/h2-9,12,22H,10-11H2,1H3,(H3,20,21)(H,23,24);1H/b13-12+;. The van der Waals surface area contributed by atoms with Crippen molar-refractivity contribution in [1.29, 1.82) is 5.41 Å². The van der Waals surface area contributed by atoms with Gasteiger partial charge in [0.25, 0.3) is 0 Å². The van der Waals surface area contributed by atoms with E-state index in [1.165, 1.54) is 24.3 Å². The number of carboxylic acid groups (broad SMARTS) is 1. The lowest BCUT2D eigenvalue weighted by Gasteiger charge is -2.08. The van der Waals surface area contributed by atoms with Gasteiger partial charge in [-0.3, -0.25) is 5.41 Å². The van der Waals surface area contributed by atoms with Crippen molar-refractivity contribution in [2.24, 2.45) is 5.73 Å². The highest BCUT2D eigenvalue weighted by Crippen LogP contribution is 2.15. The fourth-order valence-electron chi connectivity index (χ4n) is 2.43. The molecular weight excluding hydrogens is 402 g/mol. The second-order valence-corrected chi connectivity index (χ2v) is 7.72. The van der Waals surface area contributed by atoms with Gasteiger partial charge in [-0.25, -0.2) is 17.9 Å². The van der Waals surface area contributed by atoms with Crippen molar-refractivity contribution < 1.29 is 18.3 Å². The van der Waals surface area contributed by atoms with Crippen LogP contribution in [0.15, 0.2) is 59.5 Å². The molecule has 0 radical (unpaired) electrons. The minimum absolute atomic E-state index is 0. The Hall–Kier alpha value is -2.68. The molecule has 0 aromatic heterocycles. The van der Waals surface area contributed by atoms with Crippen molar-refractivity contribution in [2.75, 3.05) is 6.54 Å². The number of hydrogen-bond acceptors (Lipinski definition) is 4. The Balaban J connectivity index is 0.00000392. The Morgan fingerprint density at radius 2 is 1.64 bits per heavy atom. The molecule has 0 saturated heterocycles. The quantitative estimate of drug-likeness (QED) is 0.294. The van der Waals surface area contributed by atoms with E-state index in [2.05, 4.69) is 4.72 Å². The smallest absolute Gasteiger partial charge is 0.328 e. The van der Waals surface area contributed by atoms with E-state index < -0.39 is 16.0 Å². The van der Waals surface area contributed by atoms with Crippen LogP contribution in [0.2, 0.25) is 0 Å². The van der Waals surface area contributed by atoms with Crippen LogP contribution >= 0.6 is 12.4 Å². The van der Waals surface area contributed by atoms with E-state index in [0.717, 1.165) is 17.2 Å². The number of carbonyl (C=O) groups is 1. The van der Waals surface area contributed by atoms with E-state index in [9.17, 15) is 13.2 Å². The minimum atomic E-state index is -3.64. The maximum atomic E-state index is 12.3. The molecule has 0 unspecified atom stereocenters. The van der Waals surface area contributed by atoms with Gasteiger partial charge in [-0.15, -0.1) is 12.4 Å². The number of nitrogens with two attached hydrogens (primary N) is 1. The Morgan fingerprint density at radius 1 is 1.11 bits per heavy atom. The van der Waals surface area contributed by atoms with Crippen molar-refractivity contribution in [1.82, 2.24) is 4.72 Å². The van der Waals surface area contributed by atoms with Crippen LogP contribution in [0.1, 0.15) is 23.6 Å². The second-order valence-electron chi connectivity index (χ2n) is 5.95. The molecule has 0 aliphatic heterocycles. The first-order valence-electron chi connectivity index (χ1n) is 8.14. The summed E-state index contributed by atoms with van der Waals surface area (Å²) in [5.74, 6) is -1.12. The summed E-state index contributed by atoms with van der Waals surface area (Å²) in [5, 5.41) is 16.1. The number of rotatable bonds is 8. The number of benzene rings is 2. The van der Waals surface area contributed by atoms with Gasteiger partial charge >= 0.3 is 5.97 Å². The molecule has 28 heavy (non-hydrogen) atoms. The van der Waals surface area contributed by atoms with Crippen LogP contribution in [0.5, 0.6) is 0 Å². The first-order valence-corrected chi connectivity index (χ1v) is 9.62. The molecule has 7 nitrogen and oxygen atoms in total. The zero-order chi connectivity index (χ0) is 20.0. The number of nitrogen functional groups attached to an aromatic ring is 1. The summed E-state index contributed by atoms with van der Waals surface area (Å²) in [5.41, 5.74) is 8.18. The second kappa shape index (κ2) is 10.0. The van der Waals surface area contributed by atoms with Crippen molar-refractivity contribution in [3.63, 3.8) is 0 Å². The average Bonchev–Trinajstić information content (AvgIpc) is 2.61. The van der Waals surface area contributed by atoms with Crippen LogP contribution in [0.3, 0.4) is 0 Å². The molecular formula is C19H22ClN3O4S. The van der Waals surface area contributed by atoms with Crippen molar-refractivity contribution in [2.45, 2.75) is 18.2 Å². The number of sulfonamides is 1. The summed E-state index contributed by atoms with van der Waals surface area (Å²) in [6, 6.07) is 13.1. The van der Waals surface area contributed by atoms with Gasteiger partial charge in [-0.2, -0.15) is 0 Å². The highest BCUT2D eigenvalue weighted by Gasteiger charge is 2.13. The zero-order valence-electron chi connectivity index (χ0n) is 15.2. The lowest BCUT2D eigenvalue weighted by Crippen LogP contribution is -2.26. The molecule has 0 saturated carbocycles. The third-order valence-electron chi connectivity index (χ3n) is 3.93. The van der Waals surface area contributed by atoms with Crippen LogP contribution in [0, 0.1) is 5.41 Å². The third kappa shape index (κ3) is 6.49. The summed E-state index contributed by atoms with van der Waals surface area (Å²) >= 11 is 0. The number of hydrogen-bond donors (Lipinski definition) is 4. The van der Waals surface area contributed by atoms with Gasteiger partial charge in [0.15, 0.2) is 0 Å². The number of nitrogens with one attached hydrogen (secondary N) is 2. The topological polar surface area (TPSA) is 133 Å². The van der Waals surface area contributed by atoms with Gasteiger partial charge in [0, 0.05) is 18.2 Å². The first-order chi connectivity index (χ1) is 12.7. The monoisotopic (exact) mass is 423 g/mol. The van der Waals surface area contributed by atoms with Crippen LogP contribution < -0.4 is 10.5 Å². The number of carboxylic acids is 1. The third-order valence-corrected chi connectivity index (χ3v) is 5.41. The summed E-state index contributed by atoms with van der Waals surface area (Å²) < 4.78 is 27.1. The maximum Gasteiger partial charge on any atom is 0.328 e. The van der Waals surface area contributed by atoms with E-state index in [0.29, 0.717) is 17.6 Å². The van der Waals surface area contributed by atoms with Crippen LogP contribution in [0.25, 0.3) is 5.57 Å². The summed E-state index contributed by atoms with van der Waals surface area (Å²) in [6.07, 6.45) is 1.63. The van der Waals surface area contributed by atoms with Gasteiger partial charge < -0.3 is 10.8 Å². The molecule has 2 aromatic carbocycles. The Labute approximate surface area is 170 Å². The van der Waals surface area contributed by atoms with E-state index >= 15 is 0 Å². The van der Waals surface area contributed by atoms with Crippen LogP contribution in [-0.4, -0.2) is 31.9 Å². The molecule has 0 aliphatic carbocycles. The van der Waals surface area contributed by atoms with Crippen molar-refractivity contribution in [3.05, 3.63) is 71.3 Å². The van der Waals surface area contributed by atoms with Crippen molar-refractivity contribution in [3.8, 4) is 0 Å². The lowest BCUT2D eigenvalue weighted by molar-refractivity contribution is -0.131. The number of amidine groups is 1. The predicted octanol–water partition coefficient (Wildman–Crippen LogP) is 2.40. The molecule has 150 valence electrons. The van der Waals surface area contributed by atoms with Gasteiger partial charge in [-0.05, 0) is 54.3 Å². The molecule has 0 heterocycles. The number of aliphatic carboxylic acids is 1. The van der Waals surface area contributed by atoms with Gasteiger partial charge in [0.1, 0.15) is 5.84 Å². The summed E-state index contributed by atoms with van der Waals surface area (Å²) in [6.45, 7) is 1.94. The number of allylic oxidation sites excluding steroid dienone is 1. The summed E-state index contributed by atoms with van der Waals surface area (Å²) in [7, 11) is -3.64. The van der Waals surface area contributed by atoms with Crippen LogP contribution in [0.4, 0.5) is 0 Å². The van der Waals surface area contributed by atoms with Gasteiger partial charge in [0.05, 0.1) is 4.90 Å². The van der Waals surface area contributed by atoms with Crippen LogP contribution in [-0.2, 0) is 21.2 Å². The normalized spacial score (nSPS) is 11.5. The predicted molar refractivity (Wildman–Crippen MR) is 111 cm³/mol. The molecule has 0 aliphatic rings. The molecule has 0 spiro atoms. The zero-order valence-corrected chi connectivity index (χ0v) is 16.8. The Morgan fingerprint density at radius 3 is 2.14 bits per heavy atom. The molecule has 0 atom stereocenters. The minimum Gasteiger partial charge on any atom is -0.478 e. The molecule has 2 rings (SSSR count). The fourth-order valence-corrected chi connectivity index (χ4v) is 3.46. The molecule has 0 fully saturated rings. The lowest BCUT2D eigenvalue weighted by atomic mass is 10.0. The summed E-state index contributed by atoms with van der Waals surface area (Å²) in [4.78, 5) is 10.8. The van der Waals surface area contributed by atoms with Crippen molar-refractivity contribution >= 4 is 39.8 Å². The molecule has 9 heteroatoms. The molecule has 5 N–H and O–H groups in total. The molecule has 2 aromatic rings. The Bertz CT molecular complexity index is 969. The largest absolute Gasteiger partial charge is 0.478 e. The molecule has 0 amide bonds. The molecule has 0 bridgehead atoms. The average molecular weight is 424 g/mol. The fraction of sp³-hybridized carbons (Fsp3) is 0.158. The van der Waals surface area contributed by atoms with E-state index in [4.69, 9.17) is 16.2 Å². The van der Waals surface area contributed by atoms with E-state index in [1.807, 2.05) is 12.1 Å². The van der Waals surface area contributed by atoms with E-state index in [-0.39, 0.29) is 29.7 Å². The maximum absolute atomic E-state index is 12.3. The SMILES string of the molecule is C/C(=C\C(=O)O)c1ccc(CCNS(=O)(=O)c2ccc(C(=N)N)cc2)cc1.Cl. The highest BCUT2D eigenvalue weighted by atomic mass is 35.5. The Kier molecular flexibility index (Phi) is 8.36. The number of halogens is 1. The first kappa shape index (κ1) is 23.4.